The first-order chi connectivity index (χ1) is 11.0. The summed E-state index contributed by atoms with van der Waals surface area (Å²) in [7, 11) is -3.80. The molecule has 1 heterocycles. The number of hydrogen-bond acceptors (Lipinski definition) is 4. The second kappa shape index (κ2) is 7.80. The van der Waals surface area contributed by atoms with E-state index >= 15 is 0 Å². The number of sulfonamides is 1. The second-order valence-electron chi connectivity index (χ2n) is 4.81. The van der Waals surface area contributed by atoms with Crippen LogP contribution < -0.4 is 10.0 Å². The Bertz CT molecular complexity index is 767. The first kappa shape index (κ1) is 17.0. The van der Waals surface area contributed by atoms with Crippen molar-refractivity contribution in [3.63, 3.8) is 0 Å². The number of hydrogen-bond donors (Lipinski definition) is 2. The third-order valence-corrected chi connectivity index (χ3v) is 4.24. The smallest absolute Gasteiger partial charge is 0.235 e. The quantitative estimate of drug-likeness (QED) is 0.788. The number of nitrogens with zero attached hydrogens (tertiary/aromatic N) is 1. The highest BCUT2D eigenvalue weighted by Gasteiger charge is 2.15. The van der Waals surface area contributed by atoms with Gasteiger partial charge in [-0.25, -0.2) is 17.5 Å². The predicted molar refractivity (Wildman–Crippen MR) is 83.1 cm³/mol. The van der Waals surface area contributed by atoms with Crippen molar-refractivity contribution in [2.45, 2.75) is 12.3 Å². The molecule has 0 unspecified atom stereocenters. The van der Waals surface area contributed by atoms with Crippen LogP contribution in [0.3, 0.4) is 0 Å². The highest BCUT2D eigenvalue weighted by molar-refractivity contribution is 7.88. The first-order valence-corrected chi connectivity index (χ1v) is 8.48. The molecular formula is C15H16FN3O3S. The number of pyridine rings is 1. The van der Waals surface area contributed by atoms with E-state index < -0.39 is 34.0 Å². The molecule has 1 aromatic carbocycles. The van der Waals surface area contributed by atoms with Crippen LogP contribution >= 0.6 is 0 Å². The molecule has 1 amide bonds. The highest BCUT2D eigenvalue weighted by Crippen LogP contribution is 2.09. The number of benzene rings is 1. The summed E-state index contributed by atoms with van der Waals surface area (Å²) >= 11 is 0. The van der Waals surface area contributed by atoms with E-state index in [2.05, 4.69) is 15.0 Å². The molecule has 2 rings (SSSR count). The number of nitrogens with one attached hydrogen (secondary N) is 2. The Morgan fingerprint density at radius 3 is 2.65 bits per heavy atom. The van der Waals surface area contributed by atoms with Gasteiger partial charge in [-0.2, -0.15) is 0 Å². The summed E-state index contributed by atoms with van der Waals surface area (Å²) in [5, 5.41) is 2.57. The maximum Gasteiger partial charge on any atom is 0.235 e. The number of halogens is 1. The van der Waals surface area contributed by atoms with Crippen LogP contribution in [0.25, 0.3) is 0 Å². The average molecular weight is 337 g/mol. The summed E-state index contributed by atoms with van der Waals surface area (Å²) in [6.07, 6.45) is 3.21. The molecule has 8 heteroatoms. The molecule has 23 heavy (non-hydrogen) atoms. The average Bonchev–Trinajstić information content (AvgIpc) is 2.54. The predicted octanol–water partition coefficient (Wildman–Crippen LogP) is 0.956. The fourth-order valence-electron chi connectivity index (χ4n) is 1.81. The van der Waals surface area contributed by atoms with E-state index in [9.17, 15) is 17.6 Å². The molecule has 6 nitrogen and oxygen atoms in total. The number of rotatable bonds is 7. The molecule has 0 saturated carbocycles. The summed E-state index contributed by atoms with van der Waals surface area (Å²) in [4.78, 5) is 15.6. The fraction of sp³-hybridized carbons (Fsp3) is 0.200. The van der Waals surface area contributed by atoms with Crippen LogP contribution in [-0.4, -0.2) is 25.9 Å². The van der Waals surface area contributed by atoms with E-state index in [1.807, 2.05) is 0 Å². The number of amides is 1. The molecule has 0 bridgehead atoms. The van der Waals surface area contributed by atoms with Gasteiger partial charge in [-0.1, -0.05) is 24.3 Å². The van der Waals surface area contributed by atoms with Crippen LogP contribution in [0, 0.1) is 5.82 Å². The van der Waals surface area contributed by atoms with Gasteiger partial charge in [0.2, 0.25) is 15.9 Å². The van der Waals surface area contributed by atoms with Crippen molar-refractivity contribution < 1.29 is 17.6 Å². The lowest BCUT2D eigenvalue weighted by atomic mass is 10.2. The van der Waals surface area contributed by atoms with Crippen molar-refractivity contribution in [3.8, 4) is 0 Å². The van der Waals surface area contributed by atoms with Crippen molar-refractivity contribution >= 4 is 15.9 Å². The van der Waals surface area contributed by atoms with Crippen LogP contribution in [0.5, 0.6) is 0 Å². The summed E-state index contributed by atoms with van der Waals surface area (Å²) in [5.74, 6) is -1.60. The summed E-state index contributed by atoms with van der Waals surface area (Å²) in [6, 6.07) is 9.12. The van der Waals surface area contributed by atoms with Gasteiger partial charge in [0.15, 0.2) is 0 Å². The molecule has 0 aliphatic carbocycles. The largest absolute Gasteiger partial charge is 0.351 e. The molecule has 0 spiro atoms. The third kappa shape index (κ3) is 5.76. The zero-order chi connectivity index (χ0) is 16.7. The maximum atomic E-state index is 13.4. The number of carbonyl (C=O) groups is 1. The van der Waals surface area contributed by atoms with Gasteiger partial charge in [-0.3, -0.25) is 9.78 Å². The normalized spacial score (nSPS) is 11.2. The molecule has 0 atom stereocenters. The molecular weight excluding hydrogens is 321 g/mol. The monoisotopic (exact) mass is 337 g/mol. The summed E-state index contributed by atoms with van der Waals surface area (Å²) in [6.45, 7) is -0.154. The summed E-state index contributed by atoms with van der Waals surface area (Å²) < 4.78 is 39.3. The third-order valence-electron chi connectivity index (χ3n) is 2.97. The van der Waals surface area contributed by atoms with E-state index in [0.717, 1.165) is 5.56 Å². The summed E-state index contributed by atoms with van der Waals surface area (Å²) in [5.41, 5.74) is 0.853. The van der Waals surface area contributed by atoms with Gasteiger partial charge in [0.05, 0.1) is 12.3 Å². The van der Waals surface area contributed by atoms with Gasteiger partial charge >= 0.3 is 0 Å². The van der Waals surface area contributed by atoms with Gasteiger partial charge < -0.3 is 5.32 Å². The molecule has 2 aromatic rings. The van der Waals surface area contributed by atoms with Crippen LogP contribution in [0.1, 0.15) is 11.1 Å². The standard InChI is InChI=1S/C15H16FN3O3S/c16-14-6-2-1-5-13(14)11-23(21,22)19-10-15(20)18-9-12-4-3-7-17-8-12/h1-8,19H,9-11H2,(H,18,20). The lowest BCUT2D eigenvalue weighted by Crippen LogP contribution is -2.37. The Morgan fingerprint density at radius 2 is 1.96 bits per heavy atom. The number of carbonyl (C=O) groups excluding carboxylic acids is 1. The van der Waals surface area contributed by atoms with E-state index in [1.165, 1.54) is 18.2 Å². The topological polar surface area (TPSA) is 88.2 Å². The van der Waals surface area contributed by atoms with Gasteiger partial charge in [0.25, 0.3) is 0 Å². The van der Waals surface area contributed by atoms with Crippen molar-refractivity contribution in [2.75, 3.05) is 6.54 Å². The maximum absolute atomic E-state index is 13.4. The van der Waals surface area contributed by atoms with Gasteiger partial charge in [-0.15, -0.1) is 0 Å². The lowest BCUT2D eigenvalue weighted by molar-refractivity contribution is -0.120. The minimum absolute atomic E-state index is 0.0516. The molecule has 122 valence electrons. The van der Waals surface area contributed by atoms with Gasteiger partial charge in [0.1, 0.15) is 5.82 Å². The van der Waals surface area contributed by atoms with E-state index in [-0.39, 0.29) is 12.1 Å². The Morgan fingerprint density at radius 1 is 1.17 bits per heavy atom. The van der Waals surface area contributed by atoms with Crippen molar-refractivity contribution in [2.24, 2.45) is 0 Å². The van der Waals surface area contributed by atoms with Gasteiger partial charge in [-0.05, 0) is 17.7 Å². The SMILES string of the molecule is O=C(CNS(=O)(=O)Cc1ccccc1F)NCc1cccnc1. The van der Waals surface area contributed by atoms with Crippen LogP contribution in [0.2, 0.25) is 0 Å². The van der Waals surface area contributed by atoms with E-state index in [1.54, 1.807) is 30.6 Å². The van der Waals surface area contributed by atoms with Crippen molar-refractivity contribution in [3.05, 3.63) is 65.7 Å². The first-order valence-electron chi connectivity index (χ1n) is 6.82. The zero-order valence-corrected chi connectivity index (χ0v) is 13.0. The molecule has 0 saturated heterocycles. The van der Waals surface area contributed by atoms with Crippen LogP contribution in [0.4, 0.5) is 4.39 Å². The molecule has 0 fully saturated rings. The van der Waals surface area contributed by atoms with Crippen LogP contribution in [0.15, 0.2) is 48.8 Å². The highest BCUT2D eigenvalue weighted by atomic mass is 32.2. The number of aromatic nitrogens is 1. The van der Waals surface area contributed by atoms with E-state index in [0.29, 0.717) is 0 Å². The lowest BCUT2D eigenvalue weighted by Gasteiger charge is -2.08. The Hall–Kier alpha value is -2.32. The minimum Gasteiger partial charge on any atom is -0.351 e. The molecule has 1 aromatic heterocycles. The molecule has 2 N–H and O–H groups in total. The molecule has 0 aliphatic rings. The van der Waals surface area contributed by atoms with Gasteiger partial charge in [0, 0.05) is 24.5 Å². The minimum atomic E-state index is -3.80. The van der Waals surface area contributed by atoms with Crippen molar-refractivity contribution in [1.82, 2.24) is 15.0 Å². The molecule has 0 radical (unpaired) electrons. The van der Waals surface area contributed by atoms with Crippen molar-refractivity contribution in [1.29, 1.82) is 0 Å². The second-order valence-corrected chi connectivity index (χ2v) is 6.62. The Labute approximate surface area is 133 Å². The molecule has 0 aliphatic heterocycles. The fourth-order valence-corrected chi connectivity index (χ4v) is 2.91. The zero-order valence-electron chi connectivity index (χ0n) is 12.2. The Balaban J connectivity index is 1.82. The Kier molecular flexibility index (Phi) is 5.78. The van der Waals surface area contributed by atoms with Crippen LogP contribution in [-0.2, 0) is 27.1 Å². The van der Waals surface area contributed by atoms with E-state index in [4.69, 9.17) is 0 Å².